The fourth-order valence-corrected chi connectivity index (χ4v) is 2.13. The summed E-state index contributed by atoms with van der Waals surface area (Å²) in [6.45, 7) is 3.25. The van der Waals surface area contributed by atoms with E-state index in [1.807, 2.05) is 0 Å². The van der Waals surface area contributed by atoms with Gasteiger partial charge in [0.25, 0.3) is 0 Å². The molecule has 1 aromatic carbocycles. The largest absolute Gasteiger partial charge is 0.462 e. The van der Waals surface area contributed by atoms with Crippen molar-refractivity contribution in [2.45, 2.75) is 19.8 Å². The van der Waals surface area contributed by atoms with E-state index in [4.69, 9.17) is 15.2 Å². The Labute approximate surface area is 111 Å². The van der Waals surface area contributed by atoms with Crippen molar-refractivity contribution in [3.05, 3.63) is 29.1 Å². The van der Waals surface area contributed by atoms with Gasteiger partial charge in [-0.1, -0.05) is 0 Å². The molecule has 1 fully saturated rings. The summed E-state index contributed by atoms with van der Waals surface area (Å²) in [6.07, 6.45) is 1.73. The topological polar surface area (TPSA) is 61.6 Å². The number of rotatable bonds is 3. The molecular formula is C14H18FNO3. The maximum atomic E-state index is 13.8. The zero-order valence-corrected chi connectivity index (χ0v) is 10.9. The second-order valence-corrected chi connectivity index (χ2v) is 4.85. The van der Waals surface area contributed by atoms with Crippen LogP contribution in [0.15, 0.2) is 12.1 Å². The number of halogens is 1. The third-order valence-corrected chi connectivity index (χ3v) is 3.29. The van der Waals surface area contributed by atoms with Crippen molar-refractivity contribution in [1.29, 1.82) is 0 Å². The Morgan fingerprint density at radius 1 is 1.47 bits per heavy atom. The smallest absolute Gasteiger partial charge is 0.341 e. The van der Waals surface area contributed by atoms with Crippen LogP contribution in [0.1, 0.15) is 28.8 Å². The van der Waals surface area contributed by atoms with E-state index in [9.17, 15) is 9.18 Å². The lowest BCUT2D eigenvalue weighted by molar-refractivity contribution is 0.0182. The average Bonchev–Trinajstić information content (AvgIpc) is 2.41. The van der Waals surface area contributed by atoms with E-state index in [0.717, 1.165) is 12.8 Å². The van der Waals surface area contributed by atoms with Crippen molar-refractivity contribution in [2.24, 2.45) is 5.92 Å². The molecule has 0 aromatic heterocycles. The van der Waals surface area contributed by atoms with E-state index >= 15 is 0 Å². The number of carbonyl (C=O) groups excluding carboxylic acids is 1. The van der Waals surface area contributed by atoms with Crippen LogP contribution in [0.5, 0.6) is 0 Å². The van der Waals surface area contributed by atoms with E-state index in [0.29, 0.717) is 37.0 Å². The molecule has 0 saturated carbocycles. The number of carbonyl (C=O) groups is 1. The standard InChI is InChI=1S/C14H18FNO3/c1-9-6-11(16)7-12(13(9)15)14(17)19-8-10-2-4-18-5-3-10/h6-7,10H,2-5,8,16H2,1H3. The van der Waals surface area contributed by atoms with E-state index in [1.54, 1.807) is 6.92 Å². The van der Waals surface area contributed by atoms with E-state index < -0.39 is 11.8 Å². The van der Waals surface area contributed by atoms with Gasteiger partial charge >= 0.3 is 5.97 Å². The van der Waals surface area contributed by atoms with Crippen LogP contribution in [0.4, 0.5) is 10.1 Å². The van der Waals surface area contributed by atoms with Crippen molar-refractivity contribution < 1.29 is 18.7 Å². The minimum absolute atomic E-state index is 0.0930. The zero-order valence-electron chi connectivity index (χ0n) is 10.9. The third-order valence-electron chi connectivity index (χ3n) is 3.29. The number of nitrogen functional groups attached to an aromatic ring is 1. The number of hydrogen-bond acceptors (Lipinski definition) is 4. The van der Waals surface area contributed by atoms with Crippen LogP contribution in [-0.4, -0.2) is 25.8 Å². The maximum Gasteiger partial charge on any atom is 0.341 e. The van der Waals surface area contributed by atoms with Gasteiger partial charge in [0.1, 0.15) is 5.82 Å². The molecule has 4 nitrogen and oxygen atoms in total. The first-order valence-corrected chi connectivity index (χ1v) is 6.38. The summed E-state index contributed by atoms with van der Waals surface area (Å²) in [4.78, 5) is 11.9. The highest BCUT2D eigenvalue weighted by atomic mass is 19.1. The molecule has 1 aliphatic heterocycles. The van der Waals surface area contributed by atoms with Crippen LogP contribution in [-0.2, 0) is 9.47 Å². The summed E-state index contributed by atoms with van der Waals surface area (Å²) >= 11 is 0. The number of hydrogen-bond donors (Lipinski definition) is 1. The minimum Gasteiger partial charge on any atom is -0.462 e. The highest BCUT2D eigenvalue weighted by Crippen LogP contribution is 2.20. The minimum atomic E-state index is -0.653. The summed E-state index contributed by atoms with van der Waals surface area (Å²) < 4.78 is 24.2. The summed E-state index contributed by atoms with van der Waals surface area (Å²) in [5.41, 5.74) is 6.22. The number of benzene rings is 1. The van der Waals surface area contributed by atoms with Gasteiger partial charge in [0, 0.05) is 18.9 Å². The lowest BCUT2D eigenvalue weighted by atomic mass is 10.0. The van der Waals surface area contributed by atoms with Gasteiger partial charge in [-0.15, -0.1) is 0 Å². The molecule has 1 heterocycles. The predicted molar refractivity (Wildman–Crippen MR) is 69.4 cm³/mol. The van der Waals surface area contributed by atoms with Crippen molar-refractivity contribution in [2.75, 3.05) is 25.6 Å². The monoisotopic (exact) mass is 267 g/mol. The summed E-state index contributed by atoms with van der Waals surface area (Å²) in [5, 5.41) is 0. The predicted octanol–water partition coefficient (Wildman–Crippen LogP) is 2.30. The number of aryl methyl sites for hydroxylation is 1. The van der Waals surface area contributed by atoms with Crippen LogP contribution >= 0.6 is 0 Å². The molecule has 1 aliphatic rings. The number of ether oxygens (including phenoxy) is 2. The first-order valence-electron chi connectivity index (χ1n) is 6.38. The summed E-state index contributed by atoms with van der Waals surface area (Å²) in [5.74, 6) is -0.923. The molecule has 0 aliphatic carbocycles. The Morgan fingerprint density at radius 3 is 2.84 bits per heavy atom. The van der Waals surface area contributed by atoms with Crippen LogP contribution in [0.2, 0.25) is 0 Å². The van der Waals surface area contributed by atoms with Gasteiger partial charge in [-0.05, 0) is 43.4 Å². The lowest BCUT2D eigenvalue weighted by Crippen LogP contribution is -2.22. The molecule has 104 valence electrons. The van der Waals surface area contributed by atoms with Crippen LogP contribution in [0.25, 0.3) is 0 Å². The van der Waals surface area contributed by atoms with E-state index in [-0.39, 0.29) is 5.56 Å². The van der Waals surface area contributed by atoms with Gasteiger partial charge in [-0.25, -0.2) is 9.18 Å². The average molecular weight is 267 g/mol. The second-order valence-electron chi connectivity index (χ2n) is 4.85. The first kappa shape index (κ1) is 13.8. The van der Waals surface area contributed by atoms with Gasteiger partial charge in [0.2, 0.25) is 0 Å². The first-order chi connectivity index (χ1) is 9.08. The molecule has 19 heavy (non-hydrogen) atoms. The summed E-state index contributed by atoms with van der Waals surface area (Å²) in [7, 11) is 0. The van der Waals surface area contributed by atoms with Crippen molar-refractivity contribution in [3.63, 3.8) is 0 Å². The molecule has 5 heteroatoms. The zero-order chi connectivity index (χ0) is 13.8. The van der Waals surface area contributed by atoms with Crippen molar-refractivity contribution in [1.82, 2.24) is 0 Å². The van der Waals surface area contributed by atoms with Gasteiger partial charge < -0.3 is 15.2 Å². The van der Waals surface area contributed by atoms with Gasteiger partial charge in [0.05, 0.1) is 12.2 Å². The molecule has 0 radical (unpaired) electrons. The fourth-order valence-electron chi connectivity index (χ4n) is 2.13. The molecule has 0 bridgehead atoms. The van der Waals surface area contributed by atoms with Crippen LogP contribution in [0, 0.1) is 18.7 Å². The van der Waals surface area contributed by atoms with Gasteiger partial charge in [-0.2, -0.15) is 0 Å². The number of esters is 1. The third kappa shape index (κ3) is 3.44. The Hall–Kier alpha value is -1.62. The Kier molecular flexibility index (Phi) is 4.37. The van der Waals surface area contributed by atoms with Crippen molar-refractivity contribution in [3.8, 4) is 0 Å². The quantitative estimate of drug-likeness (QED) is 0.674. The Balaban J connectivity index is 1.99. The second kappa shape index (κ2) is 6.02. The molecular weight excluding hydrogens is 249 g/mol. The maximum absolute atomic E-state index is 13.8. The van der Waals surface area contributed by atoms with Gasteiger partial charge in [-0.3, -0.25) is 0 Å². The molecule has 0 unspecified atom stereocenters. The molecule has 2 rings (SSSR count). The van der Waals surface area contributed by atoms with Gasteiger partial charge in [0.15, 0.2) is 0 Å². The lowest BCUT2D eigenvalue weighted by Gasteiger charge is -2.21. The van der Waals surface area contributed by atoms with Crippen LogP contribution < -0.4 is 5.73 Å². The normalized spacial score (nSPS) is 16.3. The summed E-state index contributed by atoms with van der Waals surface area (Å²) in [6, 6.07) is 2.80. The Bertz CT molecular complexity index is 470. The van der Waals surface area contributed by atoms with Crippen molar-refractivity contribution >= 4 is 11.7 Å². The number of anilines is 1. The molecule has 1 aromatic rings. The SMILES string of the molecule is Cc1cc(N)cc(C(=O)OCC2CCOCC2)c1F. The molecule has 0 atom stereocenters. The Morgan fingerprint density at radius 2 is 2.16 bits per heavy atom. The highest BCUT2D eigenvalue weighted by molar-refractivity contribution is 5.91. The number of nitrogens with two attached hydrogens (primary N) is 1. The molecule has 0 spiro atoms. The van der Waals surface area contributed by atoms with E-state index in [2.05, 4.69) is 0 Å². The van der Waals surface area contributed by atoms with E-state index in [1.165, 1.54) is 12.1 Å². The molecule has 0 amide bonds. The molecule has 2 N–H and O–H groups in total. The van der Waals surface area contributed by atoms with Crippen LogP contribution in [0.3, 0.4) is 0 Å². The molecule has 1 saturated heterocycles. The fraction of sp³-hybridized carbons (Fsp3) is 0.500. The highest BCUT2D eigenvalue weighted by Gasteiger charge is 2.19.